The van der Waals surface area contributed by atoms with E-state index in [2.05, 4.69) is 21.4 Å². The molecule has 0 spiro atoms. The summed E-state index contributed by atoms with van der Waals surface area (Å²) in [6.07, 6.45) is 0. The SMILES string of the molecule is Cc1cc(F)cc(C(NN)c2cc(Cl)cc(Br)c2)c1. The summed E-state index contributed by atoms with van der Waals surface area (Å²) in [5.74, 6) is 5.33. The predicted octanol–water partition coefficient (Wildman–Crippen LogP) is 4.10. The van der Waals surface area contributed by atoms with Gasteiger partial charge in [0.05, 0.1) is 6.04 Å². The van der Waals surface area contributed by atoms with Crippen LogP contribution in [0.1, 0.15) is 22.7 Å². The number of halogens is 3. The maximum Gasteiger partial charge on any atom is 0.123 e. The van der Waals surface area contributed by atoms with Crippen molar-refractivity contribution in [1.29, 1.82) is 0 Å². The first-order chi connectivity index (χ1) is 8.99. The zero-order valence-electron chi connectivity index (χ0n) is 10.3. The van der Waals surface area contributed by atoms with Crippen molar-refractivity contribution in [2.45, 2.75) is 13.0 Å². The third-order valence-corrected chi connectivity index (χ3v) is 3.46. The van der Waals surface area contributed by atoms with Gasteiger partial charge in [-0.25, -0.2) is 9.82 Å². The summed E-state index contributed by atoms with van der Waals surface area (Å²) in [6.45, 7) is 1.84. The van der Waals surface area contributed by atoms with E-state index in [4.69, 9.17) is 17.4 Å². The van der Waals surface area contributed by atoms with Crippen molar-refractivity contribution < 1.29 is 4.39 Å². The normalized spacial score (nSPS) is 12.5. The van der Waals surface area contributed by atoms with Crippen molar-refractivity contribution in [3.8, 4) is 0 Å². The van der Waals surface area contributed by atoms with Crippen LogP contribution >= 0.6 is 27.5 Å². The molecule has 0 aliphatic carbocycles. The highest BCUT2D eigenvalue weighted by Crippen LogP contribution is 2.28. The first-order valence-electron chi connectivity index (χ1n) is 5.69. The topological polar surface area (TPSA) is 38.0 Å². The average Bonchev–Trinajstić information content (AvgIpc) is 2.27. The van der Waals surface area contributed by atoms with Crippen molar-refractivity contribution >= 4 is 27.5 Å². The standard InChI is InChI=1S/C14H13BrClFN2/c1-8-2-9(6-13(17)3-8)14(19-18)10-4-11(15)7-12(16)5-10/h2-7,14,19H,18H2,1H3. The Morgan fingerprint density at radius 3 is 2.42 bits per heavy atom. The van der Waals surface area contributed by atoms with Gasteiger partial charge in [-0.1, -0.05) is 33.6 Å². The molecule has 2 rings (SSSR count). The fourth-order valence-electron chi connectivity index (χ4n) is 2.06. The Kier molecular flexibility index (Phi) is 4.58. The Labute approximate surface area is 124 Å². The lowest BCUT2D eigenvalue weighted by Gasteiger charge is -2.18. The molecule has 1 atom stereocenters. The van der Waals surface area contributed by atoms with Crippen LogP contribution in [0.3, 0.4) is 0 Å². The molecule has 0 heterocycles. The van der Waals surface area contributed by atoms with Crippen LogP contribution in [-0.4, -0.2) is 0 Å². The summed E-state index contributed by atoms with van der Waals surface area (Å²) < 4.78 is 14.3. The van der Waals surface area contributed by atoms with E-state index in [1.807, 2.05) is 19.1 Å². The molecule has 0 aliphatic heterocycles. The second-order valence-electron chi connectivity index (χ2n) is 4.36. The van der Waals surface area contributed by atoms with Crippen LogP contribution in [0.2, 0.25) is 5.02 Å². The van der Waals surface area contributed by atoms with Gasteiger partial charge in [0.2, 0.25) is 0 Å². The summed E-state index contributed by atoms with van der Waals surface area (Å²) in [6, 6.07) is 10.0. The quantitative estimate of drug-likeness (QED) is 0.650. The van der Waals surface area contributed by atoms with Gasteiger partial charge in [0, 0.05) is 9.50 Å². The van der Waals surface area contributed by atoms with Crippen LogP contribution in [0, 0.1) is 12.7 Å². The zero-order valence-corrected chi connectivity index (χ0v) is 12.6. The van der Waals surface area contributed by atoms with Crippen LogP contribution in [0.15, 0.2) is 40.9 Å². The minimum Gasteiger partial charge on any atom is -0.271 e. The molecule has 0 aliphatic rings. The molecule has 2 aromatic rings. The van der Waals surface area contributed by atoms with Crippen LogP contribution in [-0.2, 0) is 0 Å². The largest absolute Gasteiger partial charge is 0.271 e. The lowest BCUT2D eigenvalue weighted by Crippen LogP contribution is -2.29. The van der Waals surface area contributed by atoms with Crippen molar-refractivity contribution in [3.63, 3.8) is 0 Å². The molecule has 0 fully saturated rings. The van der Waals surface area contributed by atoms with Crippen molar-refractivity contribution in [3.05, 3.63) is 68.4 Å². The van der Waals surface area contributed by atoms with Gasteiger partial charge in [-0.2, -0.15) is 0 Å². The number of hydrazine groups is 1. The minimum absolute atomic E-state index is 0.281. The van der Waals surface area contributed by atoms with Crippen LogP contribution in [0.4, 0.5) is 4.39 Å². The first-order valence-corrected chi connectivity index (χ1v) is 6.86. The highest BCUT2D eigenvalue weighted by molar-refractivity contribution is 9.10. The number of hydrogen-bond acceptors (Lipinski definition) is 2. The van der Waals surface area contributed by atoms with Crippen molar-refractivity contribution in [2.24, 2.45) is 5.84 Å². The van der Waals surface area contributed by atoms with E-state index >= 15 is 0 Å². The van der Waals surface area contributed by atoms with Crippen LogP contribution in [0.25, 0.3) is 0 Å². The molecular weight excluding hydrogens is 331 g/mol. The van der Waals surface area contributed by atoms with Gasteiger partial charge >= 0.3 is 0 Å². The number of nitrogens with one attached hydrogen (secondary N) is 1. The van der Waals surface area contributed by atoms with Crippen molar-refractivity contribution in [2.75, 3.05) is 0 Å². The van der Waals surface area contributed by atoms with Gasteiger partial charge in [0.25, 0.3) is 0 Å². The Morgan fingerprint density at radius 2 is 1.84 bits per heavy atom. The summed E-state index contributed by atoms with van der Waals surface area (Å²) in [4.78, 5) is 0. The summed E-state index contributed by atoms with van der Waals surface area (Å²) in [5.41, 5.74) is 5.17. The molecule has 0 bridgehead atoms. The first kappa shape index (κ1) is 14.5. The maximum absolute atomic E-state index is 13.5. The molecule has 19 heavy (non-hydrogen) atoms. The van der Waals surface area contributed by atoms with E-state index in [-0.39, 0.29) is 11.9 Å². The van der Waals surface area contributed by atoms with E-state index in [0.717, 1.165) is 21.2 Å². The smallest absolute Gasteiger partial charge is 0.123 e. The van der Waals surface area contributed by atoms with Gasteiger partial charge in [0.15, 0.2) is 0 Å². The monoisotopic (exact) mass is 342 g/mol. The third-order valence-electron chi connectivity index (χ3n) is 2.78. The number of aryl methyl sites for hydroxylation is 1. The maximum atomic E-state index is 13.5. The molecule has 5 heteroatoms. The van der Waals surface area contributed by atoms with Crippen LogP contribution < -0.4 is 11.3 Å². The fraction of sp³-hybridized carbons (Fsp3) is 0.143. The molecule has 2 aromatic carbocycles. The molecule has 2 nitrogen and oxygen atoms in total. The highest BCUT2D eigenvalue weighted by Gasteiger charge is 2.15. The molecule has 0 radical (unpaired) electrons. The predicted molar refractivity (Wildman–Crippen MR) is 79.5 cm³/mol. The number of nitrogens with two attached hydrogens (primary N) is 1. The molecule has 0 aromatic heterocycles. The second-order valence-corrected chi connectivity index (χ2v) is 5.72. The molecule has 1 unspecified atom stereocenters. The molecule has 3 N–H and O–H groups in total. The molecule has 0 amide bonds. The van der Waals surface area contributed by atoms with Gasteiger partial charge < -0.3 is 0 Å². The van der Waals surface area contributed by atoms with Crippen LogP contribution in [0.5, 0.6) is 0 Å². The van der Waals surface area contributed by atoms with E-state index in [1.165, 1.54) is 12.1 Å². The second kappa shape index (κ2) is 6.01. The van der Waals surface area contributed by atoms with E-state index < -0.39 is 0 Å². The Bertz CT molecular complexity index is 512. The molecule has 100 valence electrons. The Morgan fingerprint density at radius 1 is 1.16 bits per heavy atom. The van der Waals surface area contributed by atoms with E-state index in [9.17, 15) is 4.39 Å². The van der Waals surface area contributed by atoms with Gasteiger partial charge in [-0.05, 0) is 53.9 Å². The number of hydrogen-bond donors (Lipinski definition) is 2. The summed E-state index contributed by atoms with van der Waals surface area (Å²) in [5, 5.41) is 0.595. The Hall–Kier alpha value is -0.940. The number of rotatable bonds is 3. The lowest BCUT2D eigenvalue weighted by atomic mass is 9.98. The van der Waals surface area contributed by atoms with E-state index in [0.29, 0.717) is 5.02 Å². The lowest BCUT2D eigenvalue weighted by molar-refractivity contribution is 0.604. The number of benzene rings is 2. The zero-order chi connectivity index (χ0) is 14.0. The van der Waals surface area contributed by atoms with Gasteiger partial charge in [0.1, 0.15) is 5.82 Å². The van der Waals surface area contributed by atoms with Gasteiger partial charge in [-0.15, -0.1) is 0 Å². The summed E-state index contributed by atoms with van der Waals surface area (Å²) in [7, 11) is 0. The molecule has 0 saturated heterocycles. The summed E-state index contributed by atoms with van der Waals surface area (Å²) >= 11 is 9.41. The van der Waals surface area contributed by atoms with E-state index in [1.54, 1.807) is 12.1 Å². The molecule has 0 saturated carbocycles. The molecular formula is C14H13BrClFN2. The minimum atomic E-state index is -0.315. The van der Waals surface area contributed by atoms with Gasteiger partial charge in [-0.3, -0.25) is 5.84 Å². The average molecular weight is 344 g/mol. The van der Waals surface area contributed by atoms with Crippen molar-refractivity contribution in [1.82, 2.24) is 5.43 Å². The highest BCUT2D eigenvalue weighted by atomic mass is 79.9. The third kappa shape index (κ3) is 3.54. The Balaban J connectivity index is 2.49. The fourth-order valence-corrected chi connectivity index (χ4v) is 2.94.